The fourth-order valence-corrected chi connectivity index (χ4v) is 4.54. The van der Waals surface area contributed by atoms with Gasteiger partial charge in [-0.3, -0.25) is 18.7 Å². The van der Waals surface area contributed by atoms with Crippen LogP contribution in [0.4, 0.5) is 5.69 Å². The maximum Gasteiger partial charge on any atom is 0.244 e. The molecule has 0 aromatic heterocycles. The first kappa shape index (κ1) is 29.6. The number of carbonyl (C=O) groups excluding carboxylic acids is 3. The van der Waals surface area contributed by atoms with Crippen molar-refractivity contribution in [2.75, 3.05) is 17.1 Å². The van der Waals surface area contributed by atoms with E-state index in [9.17, 15) is 22.8 Å². The van der Waals surface area contributed by atoms with Gasteiger partial charge in [-0.15, -0.1) is 0 Å². The molecule has 0 saturated carbocycles. The van der Waals surface area contributed by atoms with Gasteiger partial charge in [-0.25, -0.2) is 8.42 Å². The molecule has 0 heterocycles. The van der Waals surface area contributed by atoms with E-state index in [0.29, 0.717) is 22.6 Å². The summed E-state index contributed by atoms with van der Waals surface area (Å²) in [6, 6.07) is 9.86. The highest BCUT2D eigenvalue weighted by Gasteiger charge is 2.30. The molecule has 0 aliphatic carbocycles. The van der Waals surface area contributed by atoms with Crippen LogP contribution < -0.4 is 9.62 Å². The second-order valence-corrected chi connectivity index (χ2v) is 11.4. The summed E-state index contributed by atoms with van der Waals surface area (Å²) in [5.41, 5.74) is 1.10. The van der Waals surface area contributed by atoms with E-state index in [1.54, 1.807) is 37.3 Å². The number of anilines is 1. The highest BCUT2D eigenvalue weighted by molar-refractivity contribution is 7.92. The largest absolute Gasteiger partial charge is 0.352 e. The molecule has 1 N–H and O–H groups in total. The van der Waals surface area contributed by atoms with E-state index in [0.717, 1.165) is 10.6 Å². The first-order valence-corrected chi connectivity index (χ1v) is 14.0. The summed E-state index contributed by atoms with van der Waals surface area (Å²) in [6.07, 6.45) is 1.68. The second-order valence-electron chi connectivity index (χ2n) is 8.64. The molecule has 2 amide bonds. The molecule has 0 unspecified atom stereocenters. The molecule has 2 aromatic rings. The van der Waals surface area contributed by atoms with Gasteiger partial charge < -0.3 is 10.2 Å². The van der Waals surface area contributed by atoms with Crippen LogP contribution in [0.2, 0.25) is 10.0 Å². The summed E-state index contributed by atoms with van der Waals surface area (Å²) in [7, 11) is -3.91. The molecule has 2 rings (SSSR count). The average Bonchev–Trinajstić information content (AvgIpc) is 2.81. The number of ketones is 1. The lowest BCUT2D eigenvalue weighted by Crippen LogP contribution is -2.52. The summed E-state index contributed by atoms with van der Waals surface area (Å²) in [6.45, 7) is 6.15. The van der Waals surface area contributed by atoms with Crippen molar-refractivity contribution in [1.82, 2.24) is 10.2 Å². The van der Waals surface area contributed by atoms with Gasteiger partial charge in [-0.05, 0) is 57.0 Å². The van der Waals surface area contributed by atoms with Crippen molar-refractivity contribution in [1.29, 1.82) is 0 Å². The highest BCUT2D eigenvalue weighted by atomic mass is 35.5. The molecule has 2 aromatic carbocycles. The molecule has 0 aliphatic heterocycles. The van der Waals surface area contributed by atoms with Crippen LogP contribution in [-0.4, -0.2) is 55.8 Å². The molecule has 36 heavy (non-hydrogen) atoms. The van der Waals surface area contributed by atoms with Crippen LogP contribution in [0.25, 0.3) is 0 Å². The van der Waals surface area contributed by atoms with Crippen LogP contribution in [0.15, 0.2) is 42.5 Å². The molecule has 0 saturated heterocycles. The molecule has 0 bridgehead atoms. The Bertz CT molecular complexity index is 1240. The normalized spacial score (nSPS) is 13.0. The number of nitrogens with zero attached hydrogens (tertiary/aromatic N) is 2. The number of halogens is 2. The third kappa shape index (κ3) is 7.94. The fraction of sp³-hybridized carbons (Fsp3) is 0.400. The van der Waals surface area contributed by atoms with Crippen molar-refractivity contribution < 1.29 is 22.8 Å². The third-order valence-corrected chi connectivity index (χ3v) is 7.60. The Labute approximate surface area is 222 Å². The van der Waals surface area contributed by atoms with Crippen molar-refractivity contribution in [2.24, 2.45) is 0 Å². The Kier molecular flexibility index (Phi) is 10.3. The van der Waals surface area contributed by atoms with E-state index in [1.165, 1.54) is 24.0 Å². The molecule has 0 spiro atoms. The van der Waals surface area contributed by atoms with Gasteiger partial charge in [0.1, 0.15) is 12.6 Å². The van der Waals surface area contributed by atoms with Crippen LogP contribution in [0.5, 0.6) is 0 Å². The van der Waals surface area contributed by atoms with E-state index in [2.05, 4.69) is 5.32 Å². The summed E-state index contributed by atoms with van der Waals surface area (Å²) >= 11 is 12.2. The molecular weight excluding hydrogens is 525 g/mol. The van der Waals surface area contributed by atoms with E-state index >= 15 is 0 Å². The minimum atomic E-state index is -3.91. The Morgan fingerprint density at radius 2 is 1.69 bits per heavy atom. The maximum absolute atomic E-state index is 13.6. The van der Waals surface area contributed by atoms with Gasteiger partial charge in [-0.2, -0.15) is 0 Å². The number of hydrogen-bond donors (Lipinski definition) is 1. The predicted molar refractivity (Wildman–Crippen MR) is 143 cm³/mol. The summed E-state index contributed by atoms with van der Waals surface area (Å²) in [4.78, 5) is 39.6. The smallest absolute Gasteiger partial charge is 0.244 e. The van der Waals surface area contributed by atoms with Crippen LogP contribution in [0.3, 0.4) is 0 Å². The average molecular weight is 557 g/mol. The first-order chi connectivity index (χ1) is 16.7. The fourth-order valence-electron chi connectivity index (χ4n) is 3.38. The van der Waals surface area contributed by atoms with Gasteiger partial charge in [-0.1, -0.05) is 48.3 Å². The van der Waals surface area contributed by atoms with E-state index in [1.807, 2.05) is 13.8 Å². The maximum atomic E-state index is 13.6. The molecule has 8 nitrogen and oxygen atoms in total. The number of Topliss-reactive ketones (excluding diaryl/α,β-unsaturated/α-hetero) is 1. The highest BCUT2D eigenvalue weighted by Crippen LogP contribution is 2.25. The second kappa shape index (κ2) is 12.6. The number of nitrogens with one attached hydrogen (secondary N) is 1. The SMILES string of the molecule is CC[C@H](C)NC(=O)[C@@H](C)N(Cc1ccc(Cl)c(Cl)c1)C(=O)CN(c1cccc(C(C)=O)c1)S(C)(=O)=O. The van der Waals surface area contributed by atoms with E-state index in [-0.39, 0.29) is 35.0 Å². The summed E-state index contributed by atoms with van der Waals surface area (Å²) in [5, 5.41) is 3.49. The van der Waals surface area contributed by atoms with Gasteiger partial charge in [0.05, 0.1) is 22.0 Å². The Morgan fingerprint density at radius 1 is 1.03 bits per heavy atom. The zero-order chi connectivity index (χ0) is 27.2. The molecule has 11 heteroatoms. The van der Waals surface area contributed by atoms with Crippen molar-refractivity contribution in [3.05, 3.63) is 63.6 Å². The minimum absolute atomic E-state index is 0.00407. The van der Waals surface area contributed by atoms with Crippen molar-refractivity contribution in [2.45, 2.75) is 52.7 Å². The monoisotopic (exact) mass is 555 g/mol. The molecule has 0 aliphatic rings. The quantitative estimate of drug-likeness (QED) is 0.416. The number of amides is 2. The zero-order valence-corrected chi connectivity index (χ0v) is 23.2. The topological polar surface area (TPSA) is 104 Å². The number of hydrogen-bond acceptors (Lipinski definition) is 5. The van der Waals surface area contributed by atoms with Crippen LogP contribution >= 0.6 is 23.2 Å². The van der Waals surface area contributed by atoms with E-state index < -0.39 is 28.5 Å². The van der Waals surface area contributed by atoms with Crippen LogP contribution in [0.1, 0.15) is 50.0 Å². The van der Waals surface area contributed by atoms with Gasteiger partial charge in [0, 0.05) is 18.2 Å². The van der Waals surface area contributed by atoms with Gasteiger partial charge in [0.25, 0.3) is 0 Å². The summed E-state index contributed by atoms with van der Waals surface area (Å²) in [5.74, 6) is -1.22. The van der Waals surface area contributed by atoms with Crippen LogP contribution in [0, 0.1) is 0 Å². The standard InChI is InChI=1S/C25H31Cl2N3O5S/c1-6-16(2)28-25(33)17(3)29(14-19-10-11-22(26)23(27)12-19)24(32)15-30(36(5,34)35)21-9-7-8-20(13-21)18(4)31/h7-13,16-17H,6,14-15H2,1-5H3,(H,28,33)/t16-,17+/m0/s1. The van der Waals surface area contributed by atoms with Gasteiger partial charge in [0.15, 0.2) is 5.78 Å². The van der Waals surface area contributed by atoms with Crippen LogP contribution in [-0.2, 0) is 26.2 Å². The van der Waals surface area contributed by atoms with Crippen molar-refractivity contribution >= 4 is 56.5 Å². The number of benzene rings is 2. The minimum Gasteiger partial charge on any atom is -0.352 e. The third-order valence-electron chi connectivity index (χ3n) is 5.73. The lowest BCUT2D eigenvalue weighted by Gasteiger charge is -2.32. The zero-order valence-electron chi connectivity index (χ0n) is 20.9. The number of sulfonamides is 1. The van der Waals surface area contributed by atoms with Gasteiger partial charge >= 0.3 is 0 Å². The summed E-state index contributed by atoms with van der Waals surface area (Å²) < 4.78 is 26.2. The van der Waals surface area contributed by atoms with Gasteiger partial charge in [0.2, 0.25) is 21.8 Å². The van der Waals surface area contributed by atoms with Crippen molar-refractivity contribution in [3.63, 3.8) is 0 Å². The Hall–Kier alpha value is -2.62. The Balaban J connectivity index is 2.45. The molecule has 0 radical (unpaired) electrons. The van der Waals surface area contributed by atoms with E-state index in [4.69, 9.17) is 23.2 Å². The molecule has 0 fully saturated rings. The first-order valence-electron chi connectivity index (χ1n) is 11.4. The Morgan fingerprint density at radius 3 is 2.25 bits per heavy atom. The predicted octanol–water partition coefficient (Wildman–Crippen LogP) is 4.29. The lowest BCUT2D eigenvalue weighted by atomic mass is 10.1. The molecular formula is C25H31Cl2N3O5S. The number of carbonyl (C=O) groups is 3. The molecule has 2 atom stereocenters. The molecule has 196 valence electrons. The van der Waals surface area contributed by atoms with Crippen molar-refractivity contribution in [3.8, 4) is 0 Å². The lowest BCUT2D eigenvalue weighted by molar-refractivity contribution is -0.139. The number of rotatable bonds is 11.